The van der Waals surface area contributed by atoms with E-state index < -0.39 is 0 Å². The summed E-state index contributed by atoms with van der Waals surface area (Å²) in [6.07, 6.45) is 0. The molecule has 0 atom stereocenters. The van der Waals surface area contributed by atoms with Gasteiger partial charge in [0.25, 0.3) is 5.91 Å². The van der Waals surface area contributed by atoms with Crippen molar-refractivity contribution in [3.05, 3.63) is 105 Å². The van der Waals surface area contributed by atoms with Crippen molar-refractivity contribution in [2.45, 2.75) is 38.2 Å². The van der Waals surface area contributed by atoms with Crippen LogP contribution in [0, 0.1) is 20.8 Å². The molecule has 33 heavy (non-hydrogen) atoms. The van der Waals surface area contributed by atoms with Crippen LogP contribution in [-0.2, 0) is 12.3 Å². The molecule has 1 heterocycles. The minimum absolute atomic E-state index is 0.151. The second-order valence-corrected chi connectivity index (χ2v) is 9.31. The summed E-state index contributed by atoms with van der Waals surface area (Å²) in [4.78, 5) is 12.7. The Kier molecular flexibility index (Phi) is 7.16. The lowest BCUT2D eigenvalue weighted by atomic mass is 10.1. The van der Waals surface area contributed by atoms with Gasteiger partial charge in [-0.05, 0) is 61.7 Å². The Bertz CT molecular complexity index is 1280. The standard InChI is InChI=1S/C26H25ClN4OS/c1-17-8-11-20(12-9-17)25(32)28-15-24-29-30-26(33-16-21-7-5-4-6-18(21)2)31(24)23-14-22(27)13-10-19(23)3/h4-14H,15-16H2,1-3H3,(H,28,32). The number of amides is 1. The molecule has 4 aromatic rings. The molecule has 0 saturated heterocycles. The van der Waals surface area contributed by atoms with Gasteiger partial charge >= 0.3 is 0 Å². The number of hydrogen-bond acceptors (Lipinski definition) is 4. The first-order valence-corrected chi connectivity index (χ1v) is 12.0. The fraction of sp³-hybridized carbons (Fsp3) is 0.192. The van der Waals surface area contributed by atoms with Gasteiger partial charge in [-0.3, -0.25) is 9.36 Å². The predicted octanol–water partition coefficient (Wildman–Crippen LogP) is 6.07. The molecule has 0 aliphatic heterocycles. The van der Waals surface area contributed by atoms with Gasteiger partial charge in [0.15, 0.2) is 11.0 Å². The summed E-state index contributed by atoms with van der Waals surface area (Å²) in [7, 11) is 0. The number of nitrogens with one attached hydrogen (secondary N) is 1. The quantitative estimate of drug-likeness (QED) is 0.329. The first-order chi connectivity index (χ1) is 15.9. The normalized spacial score (nSPS) is 10.9. The highest BCUT2D eigenvalue weighted by Gasteiger charge is 2.18. The highest BCUT2D eigenvalue weighted by atomic mass is 35.5. The first kappa shape index (κ1) is 23.1. The maximum Gasteiger partial charge on any atom is 0.251 e. The van der Waals surface area contributed by atoms with Gasteiger partial charge in [0, 0.05) is 16.3 Å². The van der Waals surface area contributed by atoms with Crippen LogP contribution in [0.3, 0.4) is 0 Å². The summed E-state index contributed by atoms with van der Waals surface area (Å²) >= 11 is 7.93. The summed E-state index contributed by atoms with van der Waals surface area (Å²) in [6, 6.07) is 21.5. The number of rotatable bonds is 7. The lowest BCUT2D eigenvalue weighted by Gasteiger charge is -2.14. The Balaban J connectivity index is 1.62. The molecule has 168 valence electrons. The summed E-state index contributed by atoms with van der Waals surface area (Å²) in [6.45, 7) is 6.37. The molecular formula is C26H25ClN4OS. The van der Waals surface area contributed by atoms with Crippen LogP contribution in [0.25, 0.3) is 5.69 Å². The molecule has 0 fully saturated rings. The third kappa shape index (κ3) is 5.46. The van der Waals surface area contributed by atoms with Gasteiger partial charge in [-0.1, -0.05) is 71.4 Å². The van der Waals surface area contributed by atoms with Crippen LogP contribution in [0.15, 0.2) is 71.9 Å². The Labute approximate surface area is 203 Å². The minimum atomic E-state index is -0.151. The van der Waals surface area contributed by atoms with Crippen LogP contribution in [0.1, 0.15) is 38.4 Å². The Morgan fingerprint density at radius 1 is 0.970 bits per heavy atom. The van der Waals surface area contributed by atoms with E-state index in [-0.39, 0.29) is 12.5 Å². The van der Waals surface area contributed by atoms with E-state index in [1.165, 1.54) is 11.1 Å². The van der Waals surface area contributed by atoms with Gasteiger partial charge in [0.1, 0.15) is 0 Å². The second kappa shape index (κ2) is 10.2. The molecular weight excluding hydrogens is 452 g/mol. The number of nitrogens with zero attached hydrogens (tertiary/aromatic N) is 3. The number of thioether (sulfide) groups is 1. The summed E-state index contributed by atoms with van der Waals surface area (Å²) in [5.41, 5.74) is 6.15. The molecule has 0 aliphatic carbocycles. The molecule has 0 spiro atoms. The van der Waals surface area contributed by atoms with Crippen molar-refractivity contribution < 1.29 is 4.79 Å². The van der Waals surface area contributed by atoms with Crippen LogP contribution in [0.2, 0.25) is 5.02 Å². The van der Waals surface area contributed by atoms with E-state index in [9.17, 15) is 4.79 Å². The largest absolute Gasteiger partial charge is 0.345 e. The van der Waals surface area contributed by atoms with Crippen LogP contribution < -0.4 is 5.32 Å². The van der Waals surface area contributed by atoms with E-state index in [1.54, 1.807) is 11.8 Å². The zero-order valence-electron chi connectivity index (χ0n) is 18.8. The molecule has 1 amide bonds. The average Bonchev–Trinajstić information content (AvgIpc) is 3.21. The number of halogens is 1. The monoisotopic (exact) mass is 476 g/mol. The van der Waals surface area contributed by atoms with Crippen molar-refractivity contribution in [3.8, 4) is 5.69 Å². The van der Waals surface area contributed by atoms with E-state index >= 15 is 0 Å². The topological polar surface area (TPSA) is 59.8 Å². The molecule has 0 saturated carbocycles. The smallest absolute Gasteiger partial charge is 0.251 e. The van der Waals surface area contributed by atoms with E-state index in [0.717, 1.165) is 27.7 Å². The lowest BCUT2D eigenvalue weighted by Crippen LogP contribution is -2.24. The molecule has 0 unspecified atom stereocenters. The van der Waals surface area contributed by atoms with E-state index in [1.807, 2.05) is 73.0 Å². The molecule has 5 nitrogen and oxygen atoms in total. The fourth-order valence-corrected chi connectivity index (χ4v) is 4.66. The van der Waals surface area contributed by atoms with Gasteiger partial charge in [0.2, 0.25) is 0 Å². The molecule has 4 rings (SSSR count). The fourth-order valence-electron chi connectivity index (χ4n) is 3.45. The molecule has 7 heteroatoms. The van der Waals surface area contributed by atoms with Crippen molar-refractivity contribution in [2.24, 2.45) is 0 Å². The predicted molar refractivity (Wildman–Crippen MR) is 134 cm³/mol. The highest BCUT2D eigenvalue weighted by Crippen LogP contribution is 2.29. The van der Waals surface area contributed by atoms with Crippen LogP contribution in [0.5, 0.6) is 0 Å². The first-order valence-electron chi connectivity index (χ1n) is 10.7. The van der Waals surface area contributed by atoms with E-state index in [0.29, 0.717) is 16.4 Å². The zero-order valence-corrected chi connectivity index (χ0v) is 20.4. The summed E-state index contributed by atoms with van der Waals surface area (Å²) in [5.74, 6) is 1.26. The molecule has 0 bridgehead atoms. The third-order valence-electron chi connectivity index (χ3n) is 5.45. The summed E-state index contributed by atoms with van der Waals surface area (Å²) in [5, 5.41) is 13.2. The third-order valence-corrected chi connectivity index (χ3v) is 6.66. The maximum absolute atomic E-state index is 12.7. The van der Waals surface area contributed by atoms with Gasteiger partial charge in [-0.2, -0.15) is 0 Å². The number of hydrogen-bond donors (Lipinski definition) is 1. The van der Waals surface area contributed by atoms with Crippen molar-refractivity contribution in [3.63, 3.8) is 0 Å². The van der Waals surface area contributed by atoms with Crippen LogP contribution in [0.4, 0.5) is 0 Å². The van der Waals surface area contributed by atoms with Crippen molar-refractivity contribution >= 4 is 29.3 Å². The summed E-state index contributed by atoms with van der Waals surface area (Å²) < 4.78 is 1.99. The highest BCUT2D eigenvalue weighted by molar-refractivity contribution is 7.98. The minimum Gasteiger partial charge on any atom is -0.345 e. The number of aromatic nitrogens is 3. The van der Waals surface area contributed by atoms with Crippen LogP contribution in [-0.4, -0.2) is 20.7 Å². The number of aryl methyl sites for hydroxylation is 3. The SMILES string of the molecule is Cc1ccc(C(=O)NCc2nnc(SCc3ccccc3C)n2-c2cc(Cl)ccc2C)cc1. The average molecular weight is 477 g/mol. The number of carbonyl (C=O) groups is 1. The van der Waals surface area contributed by atoms with Gasteiger partial charge < -0.3 is 5.32 Å². The Morgan fingerprint density at radius 3 is 2.48 bits per heavy atom. The van der Waals surface area contributed by atoms with E-state index in [2.05, 4.69) is 34.6 Å². The van der Waals surface area contributed by atoms with Crippen molar-refractivity contribution in [1.29, 1.82) is 0 Å². The molecule has 3 aromatic carbocycles. The van der Waals surface area contributed by atoms with E-state index in [4.69, 9.17) is 11.6 Å². The number of benzene rings is 3. The van der Waals surface area contributed by atoms with Gasteiger partial charge in [-0.25, -0.2) is 0 Å². The Morgan fingerprint density at radius 2 is 1.73 bits per heavy atom. The van der Waals surface area contributed by atoms with Gasteiger partial charge in [-0.15, -0.1) is 10.2 Å². The lowest BCUT2D eigenvalue weighted by molar-refractivity contribution is 0.0949. The number of carbonyl (C=O) groups excluding carboxylic acids is 1. The Hall–Kier alpha value is -3.09. The zero-order chi connectivity index (χ0) is 23.4. The van der Waals surface area contributed by atoms with Crippen molar-refractivity contribution in [2.75, 3.05) is 0 Å². The molecule has 0 aliphatic rings. The molecule has 0 radical (unpaired) electrons. The molecule has 1 N–H and O–H groups in total. The maximum atomic E-state index is 12.7. The van der Waals surface area contributed by atoms with Crippen LogP contribution >= 0.6 is 23.4 Å². The van der Waals surface area contributed by atoms with Gasteiger partial charge in [0.05, 0.1) is 12.2 Å². The van der Waals surface area contributed by atoms with Crippen molar-refractivity contribution in [1.82, 2.24) is 20.1 Å². The second-order valence-electron chi connectivity index (χ2n) is 7.93. The molecule has 1 aromatic heterocycles.